The molecule has 0 aliphatic heterocycles. The smallest absolute Gasteiger partial charge is 0.255 e. The summed E-state index contributed by atoms with van der Waals surface area (Å²) in [5.74, 6) is -0.0505. The maximum atomic E-state index is 13.9. The first-order valence-corrected chi connectivity index (χ1v) is 11.4. The summed E-state index contributed by atoms with van der Waals surface area (Å²) < 4.78 is 18.8. The van der Waals surface area contributed by atoms with Crippen LogP contribution < -0.4 is 15.4 Å². The van der Waals surface area contributed by atoms with Crippen molar-refractivity contribution < 1.29 is 18.7 Å². The second-order valence-corrected chi connectivity index (χ2v) is 8.56. The zero-order valence-electron chi connectivity index (χ0n) is 19.8. The lowest BCUT2D eigenvalue weighted by molar-refractivity contribution is -0.118. The fraction of sp³-hybridized carbons (Fsp3) is 0.222. The number of carbonyl (C=O) groups is 2. The first-order chi connectivity index (χ1) is 16.8. The lowest BCUT2D eigenvalue weighted by atomic mass is 10.1. The number of anilines is 2. The Bertz CT molecular complexity index is 1360. The summed E-state index contributed by atoms with van der Waals surface area (Å²) in [5, 5.41) is 5.58. The van der Waals surface area contributed by atoms with Gasteiger partial charge in [-0.2, -0.15) is 0 Å². The van der Waals surface area contributed by atoms with Gasteiger partial charge >= 0.3 is 0 Å². The van der Waals surface area contributed by atoms with Gasteiger partial charge in [0, 0.05) is 35.3 Å². The van der Waals surface area contributed by atoms with Crippen LogP contribution >= 0.6 is 0 Å². The highest BCUT2D eigenvalue weighted by atomic mass is 19.1. The number of imidazole rings is 1. The molecule has 0 atom stereocenters. The Morgan fingerprint density at radius 1 is 0.971 bits per heavy atom. The van der Waals surface area contributed by atoms with Crippen LogP contribution in [0.5, 0.6) is 5.75 Å². The van der Waals surface area contributed by atoms with Crippen LogP contribution in [0, 0.1) is 11.7 Å². The van der Waals surface area contributed by atoms with Gasteiger partial charge in [0.05, 0.1) is 18.1 Å². The lowest BCUT2D eigenvalue weighted by Gasteiger charge is -2.08. The summed E-state index contributed by atoms with van der Waals surface area (Å²) in [6, 6.07) is 17.2. The predicted molar refractivity (Wildman–Crippen MR) is 134 cm³/mol. The zero-order chi connectivity index (χ0) is 24.9. The van der Waals surface area contributed by atoms with Crippen LogP contribution in [-0.2, 0) is 17.6 Å². The van der Waals surface area contributed by atoms with Crippen molar-refractivity contribution in [2.45, 2.75) is 26.7 Å². The molecule has 3 aromatic carbocycles. The summed E-state index contributed by atoms with van der Waals surface area (Å²) >= 11 is 0. The van der Waals surface area contributed by atoms with E-state index in [0.717, 1.165) is 34.5 Å². The van der Waals surface area contributed by atoms with Crippen molar-refractivity contribution in [2.24, 2.45) is 5.92 Å². The van der Waals surface area contributed by atoms with Gasteiger partial charge < -0.3 is 20.4 Å². The number of H-pyrrole nitrogens is 1. The van der Waals surface area contributed by atoms with Gasteiger partial charge in [-0.1, -0.05) is 26.0 Å². The monoisotopic (exact) mass is 474 g/mol. The molecule has 0 radical (unpaired) electrons. The number of hydrogen-bond acceptors (Lipinski definition) is 4. The molecular formula is C27H27FN4O3. The number of fused-ring (bicyclic) bond motifs is 1. The highest BCUT2D eigenvalue weighted by molar-refractivity contribution is 6.06. The van der Waals surface area contributed by atoms with E-state index in [9.17, 15) is 14.0 Å². The average molecular weight is 475 g/mol. The predicted octanol–water partition coefficient (Wildman–Crippen LogP) is 5.34. The molecule has 7 nitrogen and oxygen atoms in total. The van der Waals surface area contributed by atoms with Gasteiger partial charge in [0.25, 0.3) is 5.91 Å². The van der Waals surface area contributed by atoms with Crippen LogP contribution in [-0.4, -0.2) is 28.9 Å². The van der Waals surface area contributed by atoms with Gasteiger partial charge in [-0.05, 0) is 54.4 Å². The minimum absolute atomic E-state index is 0.00996. The molecule has 0 saturated carbocycles. The van der Waals surface area contributed by atoms with Crippen molar-refractivity contribution in [2.75, 3.05) is 17.7 Å². The number of nitrogens with zero attached hydrogens (tertiary/aromatic N) is 1. The Hall–Kier alpha value is -4.20. The molecule has 0 aliphatic carbocycles. The topological polar surface area (TPSA) is 96.1 Å². The second kappa shape index (κ2) is 10.4. The van der Waals surface area contributed by atoms with Gasteiger partial charge in [0.1, 0.15) is 5.82 Å². The van der Waals surface area contributed by atoms with E-state index in [4.69, 9.17) is 4.74 Å². The summed E-state index contributed by atoms with van der Waals surface area (Å²) in [5.41, 5.74) is 4.19. The number of benzene rings is 3. The number of ether oxygens (including phenoxy) is 1. The third-order valence-corrected chi connectivity index (χ3v) is 5.60. The number of aromatic nitrogens is 2. The number of hydrogen-bond donors (Lipinski definition) is 3. The standard InChI is InChI=1S/C27H27FN4O3/c1-16(2)26(33)29-19-8-4-17(5-9-19)6-13-25-31-22-11-7-18(14-23(22)32-25)27(34)30-20-10-12-24(35-3)21(28)15-20/h4-5,7-12,14-16H,6,13H2,1-3H3,(H,29,33)(H,30,34)(H,31,32). The van der Waals surface area contributed by atoms with E-state index in [1.54, 1.807) is 24.3 Å². The highest BCUT2D eigenvalue weighted by Crippen LogP contribution is 2.22. The highest BCUT2D eigenvalue weighted by Gasteiger charge is 2.12. The molecule has 0 aliphatic rings. The molecule has 0 saturated heterocycles. The van der Waals surface area contributed by atoms with Crippen LogP contribution in [0.4, 0.5) is 15.8 Å². The number of rotatable bonds is 8. The van der Waals surface area contributed by atoms with Crippen LogP contribution in [0.15, 0.2) is 60.7 Å². The van der Waals surface area contributed by atoms with Gasteiger partial charge in [-0.3, -0.25) is 9.59 Å². The zero-order valence-corrected chi connectivity index (χ0v) is 19.8. The molecule has 4 rings (SSSR count). The number of halogens is 1. The van der Waals surface area contributed by atoms with Crippen LogP contribution in [0.3, 0.4) is 0 Å². The molecule has 8 heteroatoms. The Kier molecular flexibility index (Phi) is 7.10. The summed E-state index contributed by atoms with van der Waals surface area (Å²) in [4.78, 5) is 32.4. The van der Waals surface area contributed by atoms with Crippen molar-refractivity contribution in [1.82, 2.24) is 9.97 Å². The normalized spacial score (nSPS) is 11.0. The fourth-order valence-corrected chi connectivity index (χ4v) is 3.57. The molecular weight excluding hydrogens is 447 g/mol. The van der Waals surface area contributed by atoms with Crippen LogP contribution in [0.2, 0.25) is 0 Å². The van der Waals surface area contributed by atoms with E-state index in [2.05, 4.69) is 20.6 Å². The third-order valence-electron chi connectivity index (χ3n) is 5.60. The molecule has 0 bridgehead atoms. The Morgan fingerprint density at radius 3 is 2.40 bits per heavy atom. The van der Waals surface area contributed by atoms with E-state index in [-0.39, 0.29) is 23.5 Å². The van der Waals surface area contributed by atoms with Crippen molar-refractivity contribution in [3.05, 3.63) is 83.4 Å². The molecule has 180 valence electrons. The Morgan fingerprint density at radius 2 is 1.71 bits per heavy atom. The molecule has 2 amide bonds. The van der Waals surface area contributed by atoms with Gasteiger partial charge in [0.15, 0.2) is 11.6 Å². The minimum atomic E-state index is -0.547. The van der Waals surface area contributed by atoms with Crippen molar-refractivity contribution in [1.29, 1.82) is 0 Å². The number of aryl methyl sites for hydroxylation is 2. The van der Waals surface area contributed by atoms with Gasteiger partial charge in [-0.25, -0.2) is 9.37 Å². The first kappa shape index (κ1) is 23.9. The van der Waals surface area contributed by atoms with E-state index in [1.165, 1.54) is 19.2 Å². The van der Waals surface area contributed by atoms with Crippen LogP contribution in [0.1, 0.15) is 35.6 Å². The van der Waals surface area contributed by atoms with Gasteiger partial charge in [-0.15, -0.1) is 0 Å². The van der Waals surface area contributed by atoms with Crippen molar-refractivity contribution in [3.8, 4) is 5.75 Å². The molecule has 0 fully saturated rings. The summed E-state index contributed by atoms with van der Waals surface area (Å²) in [6.45, 7) is 3.71. The molecule has 1 heterocycles. The fourth-order valence-electron chi connectivity index (χ4n) is 3.57. The number of amides is 2. The van der Waals surface area contributed by atoms with E-state index in [1.807, 2.05) is 38.1 Å². The molecule has 4 aromatic rings. The molecule has 0 spiro atoms. The molecule has 1 aromatic heterocycles. The quantitative estimate of drug-likeness (QED) is 0.321. The molecule has 35 heavy (non-hydrogen) atoms. The van der Waals surface area contributed by atoms with Crippen molar-refractivity contribution >= 4 is 34.2 Å². The number of methoxy groups -OCH3 is 1. The lowest BCUT2D eigenvalue weighted by Crippen LogP contribution is -2.17. The molecule has 0 unspecified atom stereocenters. The number of nitrogens with one attached hydrogen (secondary N) is 3. The number of carbonyl (C=O) groups excluding carboxylic acids is 2. The van der Waals surface area contributed by atoms with E-state index >= 15 is 0 Å². The number of aromatic amines is 1. The van der Waals surface area contributed by atoms with Crippen LogP contribution in [0.25, 0.3) is 11.0 Å². The molecule has 3 N–H and O–H groups in total. The van der Waals surface area contributed by atoms with Gasteiger partial charge in [0.2, 0.25) is 5.91 Å². The van der Waals surface area contributed by atoms with E-state index < -0.39 is 5.82 Å². The third kappa shape index (κ3) is 5.84. The summed E-state index contributed by atoms with van der Waals surface area (Å²) in [7, 11) is 1.38. The Labute approximate surface area is 202 Å². The van der Waals surface area contributed by atoms with E-state index in [0.29, 0.717) is 17.7 Å². The summed E-state index contributed by atoms with van der Waals surface area (Å²) in [6.07, 6.45) is 1.47. The van der Waals surface area contributed by atoms with Crippen molar-refractivity contribution in [3.63, 3.8) is 0 Å². The largest absolute Gasteiger partial charge is 0.494 e. The Balaban J connectivity index is 1.39. The SMILES string of the molecule is COc1ccc(NC(=O)c2ccc3nc(CCc4ccc(NC(=O)C(C)C)cc4)[nH]c3c2)cc1F. The minimum Gasteiger partial charge on any atom is -0.494 e. The first-order valence-electron chi connectivity index (χ1n) is 11.4. The maximum absolute atomic E-state index is 13.9. The second-order valence-electron chi connectivity index (χ2n) is 8.56. The average Bonchev–Trinajstić information content (AvgIpc) is 3.26. The maximum Gasteiger partial charge on any atom is 0.255 e.